The summed E-state index contributed by atoms with van der Waals surface area (Å²) in [4.78, 5) is 11.2. The molecule has 1 heterocycles. The Morgan fingerprint density at radius 1 is 1.50 bits per heavy atom. The number of hydrogen-bond acceptors (Lipinski definition) is 1. The molecule has 1 rings (SSSR count). The summed E-state index contributed by atoms with van der Waals surface area (Å²) in [5, 5.41) is 7.25. The Labute approximate surface area is 73.9 Å². The summed E-state index contributed by atoms with van der Waals surface area (Å²) >= 11 is 0. The summed E-state index contributed by atoms with van der Waals surface area (Å²) in [7, 11) is 0. The van der Waals surface area contributed by atoms with Gasteiger partial charge in [-0.05, 0) is 19.3 Å². The Hall–Kier alpha value is -0.570. The lowest BCUT2D eigenvalue weighted by Gasteiger charge is -2.22. The van der Waals surface area contributed by atoms with Gasteiger partial charge in [-0.25, -0.2) is 5.32 Å². The zero-order chi connectivity index (χ0) is 8.81. The molecule has 0 aliphatic carbocycles. The molecule has 0 spiro atoms. The highest BCUT2D eigenvalue weighted by atomic mass is 16.1. The fourth-order valence-electron chi connectivity index (χ4n) is 1.42. The topological polar surface area (TPSA) is 43.2 Å². The molecule has 0 aromatic rings. The first-order chi connectivity index (χ1) is 5.83. The lowest BCUT2D eigenvalue weighted by molar-refractivity contribution is -0.122. The summed E-state index contributed by atoms with van der Waals surface area (Å²) in [6, 6.07) is 0.390. The van der Waals surface area contributed by atoms with Gasteiger partial charge in [-0.15, -0.1) is 0 Å². The Bertz CT molecular complexity index is 141. The summed E-state index contributed by atoms with van der Waals surface area (Å²) in [6.07, 6.45) is 3.64. The lowest BCUT2D eigenvalue weighted by atomic mass is 10.1. The van der Waals surface area contributed by atoms with Gasteiger partial charge in [0.15, 0.2) is 0 Å². The van der Waals surface area contributed by atoms with Crippen LogP contribution in [-0.4, -0.2) is 25.0 Å². The number of amides is 1. The van der Waals surface area contributed by atoms with Crippen molar-refractivity contribution in [1.29, 1.82) is 0 Å². The second-order valence-corrected chi connectivity index (χ2v) is 3.26. The molecule has 1 radical (unpaired) electrons. The summed E-state index contributed by atoms with van der Waals surface area (Å²) in [6.45, 7) is 3.85. The van der Waals surface area contributed by atoms with E-state index in [2.05, 4.69) is 10.6 Å². The quantitative estimate of drug-likeness (QED) is 0.663. The van der Waals surface area contributed by atoms with E-state index in [1.807, 2.05) is 6.92 Å². The summed E-state index contributed by atoms with van der Waals surface area (Å²) in [5.41, 5.74) is 0. The van der Waals surface area contributed by atoms with Crippen molar-refractivity contribution in [3.8, 4) is 0 Å². The molecule has 12 heavy (non-hydrogen) atoms. The van der Waals surface area contributed by atoms with E-state index in [4.69, 9.17) is 0 Å². The molecular weight excluding hydrogens is 152 g/mol. The van der Waals surface area contributed by atoms with Crippen LogP contribution in [-0.2, 0) is 4.79 Å². The predicted octanol–water partition coefficient (Wildman–Crippen LogP) is 0.669. The van der Waals surface area contributed by atoms with E-state index in [0.717, 1.165) is 32.4 Å². The molecule has 0 aromatic carbocycles. The number of carbonyl (C=O) groups is 1. The van der Waals surface area contributed by atoms with Crippen LogP contribution in [0.15, 0.2) is 0 Å². The van der Waals surface area contributed by atoms with Crippen LogP contribution in [0.5, 0.6) is 0 Å². The molecule has 0 unspecified atom stereocenters. The van der Waals surface area contributed by atoms with Gasteiger partial charge in [0.2, 0.25) is 5.91 Å². The number of rotatable bonds is 3. The maximum Gasteiger partial charge on any atom is 0.220 e. The van der Waals surface area contributed by atoms with Crippen molar-refractivity contribution in [3.63, 3.8) is 0 Å². The number of nitrogens with zero attached hydrogens (tertiary/aromatic N) is 1. The fourth-order valence-corrected chi connectivity index (χ4v) is 1.42. The molecule has 1 N–H and O–H groups in total. The van der Waals surface area contributed by atoms with Crippen molar-refractivity contribution in [1.82, 2.24) is 10.6 Å². The van der Waals surface area contributed by atoms with Gasteiger partial charge in [0.1, 0.15) is 0 Å². The van der Waals surface area contributed by atoms with Crippen molar-refractivity contribution in [2.75, 3.05) is 13.1 Å². The molecule has 0 aromatic heterocycles. The second kappa shape index (κ2) is 5.14. The normalized spacial score (nSPS) is 19.1. The average Bonchev–Trinajstić information content (AvgIpc) is 2.06. The fraction of sp³-hybridized carbons (Fsp3) is 0.889. The molecule has 0 atom stereocenters. The number of hydrogen-bond donors (Lipinski definition) is 1. The van der Waals surface area contributed by atoms with Crippen LogP contribution < -0.4 is 10.6 Å². The van der Waals surface area contributed by atoms with E-state index in [1.54, 1.807) is 0 Å². The molecule has 3 nitrogen and oxygen atoms in total. The zero-order valence-electron chi connectivity index (χ0n) is 7.68. The Morgan fingerprint density at radius 3 is 2.75 bits per heavy atom. The van der Waals surface area contributed by atoms with Crippen molar-refractivity contribution in [2.45, 2.75) is 38.6 Å². The van der Waals surface area contributed by atoms with Gasteiger partial charge in [0, 0.05) is 25.6 Å². The van der Waals surface area contributed by atoms with Crippen molar-refractivity contribution < 1.29 is 4.79 Å². The molecule has 1 aliphatic heterocycles. The molecule has 69 valence electrons. The molecule has 0 saturated carbocycles. The average molecular weight is 169 g/mol. The molecule has 3 heteroatoms. The SMILES string of the molecule is CCCC(=O)NC1CC[N]CC1. The van der Waals surface area contributed by atoms with Crippen molar-refractivity contribution in [3.05, 3.63) is 0 Å². The Kier molecular flexibility index (Phi) is 4.08. The van der Waals surface area contributed by atoms with Crippen LogP contribution in [0.4, 0.5) is 0 Å². The van der Waals surface area contributed by atoms with Crippen LogP contribution >= 0.6 is 0 Å². The smallest absolute Gasteiger partial charge is 0.220 e. The Balaban J connectivity index is 2.15. The second-order valence-electron chi connectivity index (χ2n) is 3.26. The van der Waals surface area contributed by atoms with Crippen LogP contribution in [0, 0.1) is 0 Å². The number of nitrogens with one attached hydrogen (secondary N) is 1. The van der Waals surface area contributed by atoms with Gasteiger partial charge < -0.3 is 5.32 Å². The molecule has 1 amide bonds. The molecule has 1 saturated heterocycles. The van der Waals surface area contributed by atoms with Gasteiger partial charge in [0.25, 0.3) is 0 Å². The van der Waals surface area contributed by atoms with E-state index < -0.39 is 0 Å². The minimum absolute atomic E-state index is 0.199. The van der Waals surface area contributed by atoms with E-state index in [9.17, 15) is 4.79 Å². The molecule has 1 fully saturated rings. The van der Waals surface area contributed by atoms with E-state index in [0.29, 0.717) is 12.5 Å². The van der Waals surface area contributed by atoms with Gasteiger partial charge in [0.05, 0.1) is 0 Å². The standard InChI is InChI=1S/C9H17N2O/c1-2-3-9(12)11-8-4-6-10-7-5-8/h8H,2-7H2,1H3,(H,11,12). The van der Waals surface area contributed by atoms with Crippen LogP contribution in [0.1, 0.15) is 32.6 Å². The van der Waals surface area contributed by atoms with Crippen LogP contribution in [0.25, 0.3) is 0 Å². The van der Waals surface area contributed by atoms with Crippen molar-refractivity contribution >= 4 is 5.91 Å². The van der Waals surface area contributed by atoms with E-state index in [1.165, 1.54) is 0 Å². The van der Waals surface area contributed by atoms with Gasteiger partial charge in [-0.1, -0.05) is 6.92 Å². The van der Waals surface area contributed by atoms with Gasteiger partial charge in [-0.3, -0.25) is 4.79 Å². The molecule has 1 aliphatic rings. The zero-order valence-corrected chi connectivity index (χ0v) is 7.68. The van der Waals surface area contributed by atoms with E-state index in [-0.39, 0.29) is 5.91 Å². The third kappa shape index (κ3) is 3.22. The maximum absolute atomic E-state index is 11.2. The van der Waals surface area contributed by atoms with Gasteiger partial charge >= 0.3 is 0 Å². The van der Waals surface area contributed by atoms with Crippen LogP contribution in [0.2, 0.25) is 0 Å². The molecular formula is C9H17N2O. The Morgan fingerprint density at radius 2 is 2.17 bits per heavy atom. The molecule has 0 bridgehead atoms. The first kappa shape index (κ1) is 9.52. The minimum Gasteiger partial charge on any atom is -0.353 e. The third-order valence-electron chi connectivity index (χ3n) is 2.11. The predicted molar refractivity (Wildman–Crippen MR) is 47.9 cm³/mol. The first-order valence-electron chi connectivity index (χ1n) is 4.75. The summed E-state index contributed by atoms with van der Waals surface area (Å²) < 4.78 is 0. The minimum atomic E-state index is 0.199. The highest BCUT2D eigenvalue weighted by molar-refractivity contribution is 5.76. The number of carbonyl (C=O) groups excluding carboxylic acids is 1. The summed E-state index contributed by atoms with van der Waals surface area (Å²) in [5.74, 6) is 0.199. The maximum atomic E-state index is 11.2. The largest absolute Gasteiger partial charge is 0.353 e. The number of piperidine rings is 1. The highest BCUT2D eigenvalue weighted by Gasteiger charge is 2.14. The highest BCUT2D eigenvalue weighted by Crippen LogP contribution is 2.03. The first-order valence-corrected chi connectivity index (χ1v) is 4.75. The van der Waals surface area contributed by atoms with Gasteiger partial charge in [-0.2, -0.15) is 0 Å². The monoisotopic (exact) mass is 169 g/mol. The third-order valence-corrected chi connectivity index (χ3v) is 2.11. The van der Waals surface area contributed by atoms with Crippen LogP contribution in [0.3, 0.4) is 0 Å². The van der Waals surface area contributed by atoms with Crippen molar-refractivity contribution in [2.24, 2.45) is 0 Å². The van der Waals surface area contributed by atoms with E-state index >= 15 is 0 Å². The lowest BCUT2D eigenvalue weighted by Crippen LogP contribution is -2.40.